The molecule has 0 saturated carbocycles. The second-order valence-corrected chi connectivity index (χ2v) is 5.63. The highest BCUT2D eigenvalue weighted by Crippen LogP contribution is 2.26. The molecule has 1 amide bonds. The summed E-state index contributed by atoms with van der Waals surface area (Å²) in [6.07, 6.45) is 0.595. The minimum absolute atomic E-state index is 0.359. The van der Waals surface area contributed by atoms with Gasteiger partial charge in [-0.15, -0.1) is 0 Å². The molecule has 2 rings (SSSR count). The first kappa shape index (κ1) is 19.3. The number of amides is 1. The molecular formula is C20H23NO5. The van der Waals surface area contributed by atoms with Gasteiger partial charge in [-0.2, -0.15) is 0 Å². The lowest BCUT2D eigenvalue weighted by molar-refractivity contribution is -0.149. The molecule has 2 aromatic rings. The maximum Gasteiger partial charge on any atom is 0.313 e. The van der Waals surface area contributed by atoms with Crippen molar-refractivity contribution in [3.8, 4) is 11.5 Å². The molecule has 0 aromatic heterocycles. The zero-order valence-corrected chi connectivity index (χ0v) is 15.2. The van der Waals surface area contributed by atoms with Gasteiger partial charge in [-0.25, -0.2) is 0 Å². The van der Waals surface area contributed by atoms with Crippen LogP contribution in [0, 0.1) is 0 Å². The van der Waals surface area contributed by atoms with Crippen molar-refractivity contribution in [1.82, 2.24) is 0 Å². The number of nitrogens with one attached hydrogen (secondary N) is 1. The van der Waals surface area contributed by atoms with Crippen LogP contribution in [0.3, 0.4) is 0 Å². The number of benzene rings is 2. The highest BCUT2D eigenvalue weighted by Gasteiger charge is 2.21. The Morgan fingerprint density at radius 3 is 2.15 bits per heavy atom. The minimum atomic E-state index is -0.434. The molecule has 6 nitrogen and oxygen atoms in total. The van der Waals surface area contributed by atoms with Gasteiger partial charge in [-0.3, -0.25) is 9.59 Å². The Kier molecular flexibility index (Phi) is 7.02. The first-order valence-electron chi connectivity index (χ1n) is 8.31. The van der Waals surface area contributed by atoms with E-state index in [1.165, 1.54) is 14.2 Å². The zero-order chi connectivity index (χ0) is 18.9. The van der Waals surface area contributed by atoms with E-state index >= 15 is 0 Å². The van der Waals surface area contributed by atoms with Gasteiger partial charge in [0.2, 0.25) is 0 Å². The molecule has 1 N–H and O–H groups in total. The van der Waals surface area contributed by atoms with Crippen molar-refractivity contribution in [2.45, 2.75) is 19.3 Å². The third kappa shape index (κ3) is 5.24. The molecule has 26 heavy (non-hydrogen) atoms. The van der Waals surface area contributed by atoms with Crippen LogP contribution in [0.4, 0.5) is 5.69 Å². The second-order valence-electron chi connectivity index (χ2n) is 5.63. The Hall–Kier alpha value is -3.02. The summed E-state index contributed by atoms with van der Waals surface area (Å²) in [5.74, 6) is -0.145. The van der Waals surface area contributed by atoms with E-state index in [4.69, 9.17) is 14.2 Å². The van der Waals surface area contributed by atoms with Gasteiger partial charge in [-0.1, -0.05) is 37.3 Å². The monoisotopic (exact) mass is 357 g/mol. The van der Waals surface area contributed by atoms with E-state index in [0.717, 1.165) is 5.56 Å². The lowest BCUT2D eigenvalue weighted by atomic mass is 9.97. The summed E-state index contributed by atoms with van der Waals surface area (Å²) < 4.78 is 15.5. The number of rotatable bonds is 8. The van der Waals surface area contributed by atoms with Crippen LogP contribution in [-0.2, 0) is 14.3 Å². The molecular weight excluding hydrogens is 334 g/mol. The predicted molar refractivity (Wildman–Crippen MR) is 98.6 cm³/mol. The molecule has 0 spiro atoms. The number of ether oxygens (including phenoxy) is 3. The summed E-state index contributed by atoms with van der Waals surface area (Å²) in [6, 6.07) is 14.4. The van der Waals surface area contributed by atoms with Crippen LogP contribution in [0.15, 0.2) is 48.5 Å². The first-order chi connectivity index (χ1) is 12.6. The number of esters is 1. The van der Waals surface area contributed by atoms with Crippen LogP contribution < -0.4 is 14.8 Å². The number of carbonyl (C=O) groups is 2. The van der Waals surface area contributed by atoms with Crippen molar-refractivity contribution in [2.75, 3.05) is 26.1 Å². The molecule has 0 radical (unpaired) electrons. The van der Waals surface area contributed by atoms with Crippen LogP contribution in [0.5, 0.6) is 11.5 Å². The zero-order valence-electron chi connectivity index (χ0n) is 15.2. The second kappa shape index (κ2) is 9.46. The highest BCUT2D eigenvalue weighted by atomic mass is 16.5. The largest absolute Gasteiger partial charge is 0.497 e. The molecule has 0 aliphatic carbocycles. The van der Waals surface area contributed by atoms with E-state index in [1.54, 1.807) is 18.2 Å². The van der Waals surface area contributed by atoms with Gasteiger partial charge in [0.25, 0.3) is 5.91 Å². The van der Waals surface area contributed by atoms with Crippen molar-refractivity contribution in [1.29, 1.82) is 0 Å². The molecule has 0 aliphatic rings. The number of hydrogen-bond acceptors (Lipinski definition) is 5. The summed E-state index contributed by atoms with van der Waals surface area (Å²) >= 11 is 0. The maximum absolute atomic E-state index is 12.3. The van der Waals surface area contributed by atoms with E-state index in [0.29, 0.717) is 23.6 Å². The lowest BCUT2D eigenvalue weighted by Gasteiger charge is -2.15. The molecule has 0 aliphatic heterocycles. The smallest absolute Gasteiger partial charge is 0.313 e. The molecule has 138 valence electrons. The lowest BCUT2D eigenvalue weighted by Crippen LogP contribution is -2.23. The predicted octanol–water partition coefficient (Wildman–Crippen LogP) is 3.38. The Morgan fingerprint density at radius 2 is 1.62 bits per heavy atom. The third-order valence-electron chi connectivity index (χ3n) is 3.88. The van der Waals surface area contributed by atoms with Crippen LogP contribution in [-0.4, -0.2) is 32.7 Å². The maximum atomic E-state index is 12.3. The summed E-state index contributed by atoms with van der Waals surface area (Å²) in [6.45, 7) is 1.54. The van der Waals surface area contributed by atoms with Gasteiger partial charge < -0.3 is 19.5 Å². The molecule has 6 heteroatoms. The molecule has 2 aromatic carbocycles. The van der Waals surface area contributed by atoms with Crippen molar-refractivity contribution in [3.05, 3.63) is 54.1 Å². The van der Waals surface area contributed by atoms with Gasteiger partial charge in [0, 0.05) is 23.9 Å². The summed E-state index contributed by atoms with van der Waals surface area (Å²) in [4.78, 5) is 24.4. The first-order valence-corrected chi connectivity index (χ1v) is 8.31. The minimum Gasteiger partial charge on any atom is -0.497 e. The Balaban J connectivity index is 1.95. The number of methoxy groups -OCH3 is 2. The van der Waals surface area contributed by atoms with Crippen LogP contribution >= 0.6 is 0 Å². The number of hydrogen-bond donors (Lipinski definition) is 1. The highest BCUT2D eigenvalue weighted by molar-refractivity contribution is 5.93. The van der Waals surface area contributed by atoms with E-state index in [-0.39, 0.29) is 12.5 Å². The SMILES string of the molecule is CC[C@H](C(=O)OCC(=O)Nc1cc(OC)cc(OC)c1)c1ccccc1. The van der Waals surface area contributed by atoms with Gasteiger partial charge in [0.05, 0.1) is 20.1 Å². The van der Waals surface area contributed by atoms with Gasteiger partial charge in [-0.05, 0) is 12.0 Å². The summed E-state index contributed by atoms with van der Waals surface area (Å²) in [7, 11) is 3.05. The Labute approximate surface area is 153 Å². The molecule has 0 bridgehead atoms. The van der Waals surface area contributed by atoms with E-state index in [2.05, 4.69) is 5.32 Å². The normalized spacial score (nSPS) is 11.3. The van der Waals surface area contributed by atoms with Crippen molar-refractivity contribution >= 4 is 17.6 Å². The standard InChI is InChI=1S/C20H23NO5/c1-4-18(14-8-6-5-7-9-14)20(23)26-13-19(22)21-15-10-16(24-2)12-17(11-15)25-3/h5-12,18H,4,13H2,1-3H3,(H,21,22)/t18-/m0/s1. The van der Waals surface area contributed by atoms with Gasteiger partial charge >= 0.3 is 5.97 Å². The molecule has 0 unspecified atom stereocenters. The Morgan fingerprint density at radius 1 is 1.00 bits per heavy atom. The average molecular weight is 357 g/mol. The fourth-order valence-electron chi connectivity index (χ4n) is 2.54. The summed E-state index contributed by atoms with van der Waals surface area (Å²) in [5, 5.41) is 2.67. The molecule has 0 fully saturated rings. The van der Waals surface area contributed by atoms with Crippen LogP contribution in [0.2, 0.25) is 0 Å². The number of anilines is 1. The summed E-state index contributed by atoms with van der Waals surface area (Å²) in [5.41, 5.74) is 1.37. The van der Waals surface area contributed by atoms with E-state index in [1.807, 2.05) is 37.3 Å². The van der Waals surface area contributed by atoms with Gasteiger partial charge in [0.1, 0.15) is 11.5 Å². The van der Waals surface area contributed by atoms with E-state index in [9.17, 15) is 9.59 Å². The topological polar surface area (TPSA) is 73.9 Å². The van der Waals surface area contributed by atoms with Crippen molar-refractivity contribution < 1.29 is 23.8 Å². The van der Waals surface area contributed by atoms with Crippen molar-refractivity contribution in [3.63, 3.8) is 0 Å². The van der Waals surface area contributed by atoms with Crippen molar-refractivity contribution in [2.24, 2.45) is 0 Å². The molecule has 0 saturated heterocycles. The molecule has 0 heterocycles. The fraction of sp³-hybridized carbons (Fsp3) is 0.300. The van der Waals surface area contributed by atoms with Crippen LogP contribution in [0.25, 0.3) is 0 Å². The fourth-order valence-corrected chi connectivity index (χ4v) is 2.54. The number of carbonyl (C=O) groups excluding carboxylic acids is 2. The van der Waals surface area contributed by atoms with E-state index < -0.39 is 11.9 Å². The van der Waals surface area contributed by atoms with Gasteiger partial charge in [0.15, 0.2) is 6.61 Å². The van der Waals surface area contributed by atoms with Crippen LogP contribution in [0.1, 0.15) is 24.8 Å². The Bertz CT molecular complexity index is 723. The average Bonchev–Trinajstić information content (AvgIpc) is 2.67. The third-order valence-corrected chi connectivity index (χ3v) is 3.88. The molecule has 1 atom stereocenters. The quantitative estimate of drug-likeness (QED) is 0.733.